The number of benzene rings is 1. The van der Waals surface area contributed by atoms with Crippen molar-refractivity contribution in [2.24, 2.45) is 0 Å². The largest absolute Gasteiger partial charge is 0.491 e. The molecule has 0 bridgehead atoms. The van der Waals surface area contributed by atoms with Crippen molar-refractivity contribution in [3.63, 3.8) is 0 Å². The van der Waals surface area contributed by atoms with Gasteiger partial charge in [-0.1, -0.05) is 12.1 Å². The first-order valence-corrected chi connectivity index (χ1v) is 6.45. The monoisotopic (exact) mass is 266 g/mol. The van der Waals surface area contributed by atoms with Crippen molar-refractivity contribution in [3.8, 4) is 11.8 Å². The van der Waals surface area contributed by atoms with Crippen LogP contribution in [0.2, 0.25) is 0 Å². The van der Waals surface area contributed by atoms with Gasteiger partial charge in [-0.05, 0) is 30.7 Å². The maximum Gasteiger partial charge on any atom is 0.165 e. The number of nitrogen functional groups attached to an aromatic ring is 1. The molecule has 2 N–H and O–H groups in total. The van der Waals surface area contributed by atoms with E-state index in [0.717, 1.165) is 24.4 Å². The summed E-state index contributed by atoms with van der Waals surface area (Å²) in [6, 6.07) is 13.4. The van der Waals surface area contributed by atoms with Gasteiger partial charge in [-0.15, -0.1) is 0 Å². The number of aromatic nitrogens is 1. The van der Waals surface area contributed by atoms with Crippen LogP contribution in [0.5, 0.6) is 5.75 Å². The van der Waals surface area contributed by atoms with Crippen LogP contribution in [0, 0.1) is 11.3 Å². The number of rotatable bonds is 1. The molecule has 0 atom stereocenters. The van der Waals surface area contributed by atoms with Crippen molar-refractivity contribution >= 4 is 17.2 Å². The molecule has 0 unspecified atom stereocenters. The van der Waals surface area contributed by atoms with E-state index in [2.05, 4.69) is 9.88 Å². The van der Waals surface area contributed by atoms with Crippen LogP contribution >= 0.6 is 0 Å². The first kappa shape index (κ1) is 12.3. The summed E-state index contributed by atoms with van der Waals surface area (Å²) in [4.78, 5) is 6.40. The van der Waals surface area contributed by atoms with Gasteiger partial charge in [0.2, 0.25) is 0 Å². The Kier molecular flexibility index (Phi) is 3.13. The predicted molar refractivity (Wildman–Crippen MR) is 76.9 cm³/mol. The third-order valence-corrected chi connectivity index (χ3v) is 3.23. The topological polar surface area (TPSA) is 75.2 Å². The van der Waals surface area contributed by atoms with Crippen molar-refractivity contribution < 1.29 is 4.74 Å². The molecule has 0 amide bonds. The van der Waals surface area contributed by atoms with E-state index in [-0.39, 0.29) is 5.69 Å². The number of ether oxygens (including phenoxy) is 1. The summed E-state index contributed by atoms with van der Waals surface area (Å²) >= 11 is 0. The third-order valence-electron chi connectivity index (χ3n) is 3.23. The Bertz CT molecular complexity index is 678. The number of para-hydroxylation sites is 2. The van der Waals surface area contributed by atoms with Gasteiger partial charge in [-0.3, -0.25) is 0 Å². The molecule has 5 nitrogen and oxygen atoms in total. The van der Waals surface area contributed by atoms with Crippen LogP contribution in [0.4, 0.5) is 17.2 Å². The van der Waals surface area contributed by atoms with Gasteiger partial charge in [0.15, 0.2) is 5.69 Å². The molecule has 0 spiro atoms. The molecule has 0 saturated carbocycles. The maximum atomic E-state index is 9.06. The summed E-state index contributed by atoms with van der Waals surface area (Å²) < 4.78 is 5.72. The average Bonchev–Trinajstić information content (AvgIpc) is 2.70. The van der Waals surface area contributed by atoms with Crippen molar-refractivity contribution in [1.82, 2.24) is 4.98 Å². The minimum absolute atomic E-state index is 0.255. The van der Waals surface area contributed by atoms with Crippen LogP contribution in [0.25, 0.3) is 0 Å². The van der Waals surface area contributed by atoms with E-state index < -0.39 is 0 Å². The van der Waals surface area contributed by atoms with Crippen LogP contribution in [0.15, 0.2) is 36.4 Å². The Morgan fingerprint density at radius 1 is 1.25 bits per heavy atom. The lowest BCUT2D eigenvalue weighted by atomic mass is 10.2. The van der Waals surface area contributed by atoms with Gasteiger partial charge < -0.3 is 15.4 Å². The molecule has 1 aromatic carbocycles. The highest BCUT2D eigenvalue weighted by molar-refractivity contribution is 5.69. The minimum atomic E-state index is 0.255. The molecule has 0 saturated heterocycles. The highest BCUT2D eigenvalue weighted by atomic mass is 16.5. The summed E-state index contributed by atoms with van der Waals surface area (Å²) in [5, 5.41) is 9.06. The Morgan fingerprint density at radius 2 is 2.10 bits per heavy atom. The first-order chi connectivity index (χ1) is 9.79. The number of nitrogens with zero attached hydrogens (tertiary/aromatic N) is 3. The molecule has 3 rings (SSSR count). The predicted octanol–water partition coefficient (Wildman–Crippen LogP) is 2.46. The summed E-state index contributed by atoms with van der Waals surface area (Å²) in [6.45, 7) is 1.46. The second kappa shape index (κ2) is 5.10. The average molecular weight is 266 g/mol. The molecule has 2 heterocycles. The Morgan fingerprint density at radius 3 is 2.95 bits per heavy atom. The second-order valence-corrected chi connectivity index (χ2v) is 4.54. The molecule has 2 aromatic rings. The lowest BCUT2D eigenvalue weighted by molar-refractivity contribution is 0.322. The van der Waals surface area contributed by atoms with Crippen molar-refractivity contribution in [2.75, 3.05) is 23.8 Å². The smallest absolute Gasteiger partial charge is 0.165 e. The Labute approximate surface area is 117 Å². The number of nitriles is 1. The van der Waals surface area contributed by atoms with Crippen molar-refractivity contribution in [1.29, 1.82) is 5.26 Å². The zero-order valence-electron chi connectivity index (χ0n) is 10.9. The lowest BCUT2D eigenvalue weighted by Crippen LogP contribution is -2.19. The van der Waals surface area contributed by atoms with E-state index in [9.17, 15) is 0 Å². The molecule has 0 fully saturated rings. The molecular formula is C15H14N4O. The number of hydrogen-bond acceptors (Lipinski definition) is 5. The van der Waals surface area contributed by atoms with E-state index in [1.165, 1.54) is 0 Å². The van der Waals surface area contributed by atoms with E-state index >= 15 is 0 Å². The SMILES string of the molecule is N#Cc1nc(N2CCCOc3ccccc32)ccc1N. The first-order valence-electron chi connectivity index (χ1n) is 6.45. The third kappa shape index (κ3) is 2.12. The molecule has 0 radical (unpaired) electrons. The summed E-state index contributed by atoms with van der Waals surface area (Å²) in [7, 11) is 0. The van der Waals surface area contributed by atoms with Crippen LogP contribution in [-0.2, 0) is 0 Å². The van der Waals surface area contributed by atoms with Gasteiger partial charge in [-0.2, -0.15) is 5.26 Å². The maximum absolute atomic E-state index is 9.06. The summed E-state index contributed by atoms with van der Waals surface area (Å²) in [6.07, 6.45) is 0.891. The standard InChI is InChI=1S/C15H14N4O/c16-10-12-11(17)6-7-15(18-12)19-8-3-9-20-14-5-2-1-4-13(14)19/h1-2,4-7H,3,8-9,17H2. The van der Waals surface area contributed by atoms with Gasteiger partial charge >= 0.3 is 0 Å². The van der Waals surface area contributed by atoms with E-state index in [1.807, 2.05) is 36.4 Å². The van der Waals surface area contributed by atoms with Crippen LogP contribution in [0.1, 0.15) is 12.1 Å². The number of hydrogen-bond donors (Lipinski definition) is 1. The normalized spacial score (nSPS) is 13.8. The second-order valence-electron chi connectivity index (χ2n) is 4.54. The quantitative estimate of drug-likeness (QED) is 0.858. The van der Waals surface area contributed by atoms with Gasteiger partial charge in [0, 0.05) is 6.54 Å². The summed E-state index contributed by atoms with van der Waals surface area (Å²) in [5.41, 5.74) is 7.34. The minimum Gasteiger partial charge on any atom is -0.491 e. The van der Waals surface area contributed by atoms with E-state index in [4.69, 9.17) is 15.7 Å². The zero-order chi connectivity index (χ0) is 13.9. The number of anilines is 3. The van der Waals surface area contributed by atoms with Crippen LogP contribution in [0.3, 0.4) is 0 Å². The van der Waals surface area contributed by atoms with Gasteiger partial charge in [-0.25, -0.2) is 4.98 Å². The fraction of sp³-hybridized carbons (Fsp3) is 0.200. The Hall–Kier alpha value is -2.74. The van der Waals surface area contributed by atoms with Gasteiger partial charge in [0.25, 0.3) is 0 Å². The highest BCUT2D eigenvalue weighted by Gasteiger charge is 2.19. The molecule has 100 valence electrons. The molecule has 5 heteroatoms. The van der Waals surface area contributed by atoms with Crippen molar-refractivity contribution in [2.45, 2.75) is 6.42 Å². The van der Waals surface area contributed by atoms with Gasteiger partial charge in [0.1, 0.15) is 17.6 Å². The highest BCUT2D eigenvalue weighted by Crippen LogP contribution is 2.35. The molecule has 1 aliphatic heterocycles. The number of nitrogens with two attached hydrogens (primary N) is 1. The fourth-order valence-electron chi connectivity index (χ4n) is 2.26. The van der Waals surface area contributed by atoms with Gasteiger partial charge in [0.05, 0.1) is 18.0 Å². The summed E-state index contributed by atoms with van der Waals surface area (Å²) in [5.74, 6) is 1.55. The van der Waals surface area contributed by atoms with Crippen LogP contribution < -0.4 is 15.4 Å². The fourth-order valence-corrected chi connectivity index (χ4v) is 2.26. The number of fused-ring (bicyclic) bond motifs is 1. The molecule has 0 aliphatic carbocycles. The van der Waals surface area contributed by atoms with Crippen LogP contribution in [-0.4, -0.2) is 18.1 Å². The Balaban J connectivity index is 2.08. The zero-order valence-corrected chi connectivity index (χ0v) is 10.9. The van der Waals surface area contributed by atoms with E-state index in [0.29, 0.717) is 18.1 Å². The molecule has 20 heavy (non-hydrogen) atoms. The van der Waals surface area contributed by atoms with Crippen molar-refractivity contribution in [3.05, 3.63) is 42.1 Å². The lowest BCUT2D eigenvalue weighted by Gasteiger charge is -2.22. The molecule has 1 aliphatic rings. The van der Waals surface area contributed by atoms with E-state index in [1.54, 1.807) is 6.07 Å². The molecular weight excluding hydrogens is 252 g/mol. The molecule has 1 aromatic heterocycles. The number of pyridine rings is 1.